The molecule has 1 atom stereocenters. The number of halogens is 3. The molecule has 1 aliphatic rings. The summed E-state index contributed by atoms with van der Waals surface area (Å²) in [5, 5.41) is 10.9. The van der Waals surface area contributed by atoms with Gasteiger partial charge in [0.2, 0.25) is 5.91 Å². The van der Waals surface area contributed by atoms with Crippen LogP contribution >= 0.6 is 0 Å². The Balaban J connectivity index is 1.73. The zero-order valence-corrected chi connectivity index (χ0v) is 17.5. The van der Waals surface area contributed by atoms with Gasteiger partial charge in [0, 0.05) is 36.6 Å². The van der Waals surface area contributed by atoms with Gasteiger partial charge in [-0.25, -0.2) is 0 Å². The number of hydrogen-bond acceptors (Lipinski definition) is 5. The maximum atomic E-state index is 13.0. The van der Waals surface area contributed by atoms with Crippen LogP contribution in [0.2, 0.25) is 0 Å². The van der Waals surface area contributed by atoms with Gasteiger partial charge in [-0.2, -0.15) is 13.2 Å². The van der Waals surface area contributed by atoms with E-state index in [9.17, 15) is 23.1 Å². The van der Waals surface area contributed by atoms with Crippen LogP contribution in [0.25, 0.3) is 0 Å². The van der Waals surface area contributed by atoms with E-state index < -0.39 is 18.0 Å². The molecule has 3 rings (SSSR count). The van der Waals surface area contributed by atoms with E-state index in [1.54, 1.807) is 17.3 Å². The predicted molar refractivity (Wildman–Crippen MR) is 107 cm³/mol. The quantitative estimate of drug-likeness (QED) is 0.685. The number of ether oxygens (including phenoxy) is 1. The van der Waals surface area contributed by atoms with E-state index in [1.165, 1.54) is 6.07 Å². The lowest BCUT2D eigenvalue weighted by molar-refractivity contribution is -0.141. The molecule has 3 heterocycles. The van der Waals surface area contributed by atoms with E-state index in [1.807, 2.05) is 19.9 Å². The number of carbonyl (C=O) groups is 1. The van der Waals surface area contributed by atoms with Crippen LogP contribution in [0.4, 0.5) is 13.2 Å². The molecular formula is C22H26F3N3O3. The Labute approximate surface area is 179 Å². The minimum Gasteiger partial charge on any atom is -0.386 e. The van der Waals surface area contributed by atoms with Crippen molar-refractivity contribution in [1.82, 2.24) is 14.9 Å². The number of carbonyl (C=O) groups excluding carboxylic acids is 1. The number of aromatic nitrogens is 2. The Morgan fingerprint density at radius 3 is 2.52 bits per heavy atom. The van der Waals surface area contributed by atoms with Crippen molar-refractivity contribution in [2.24, 2.45) is 5.92 Å². The van der Waals surface area contributed by atoms with Crippen molar-refractivity contribution in [3.05, 3.63) is 59.2 Å². The SMILES string of the molecule is CC(C)c1ccncc1C(O)CN(CC1COC1)C(=O)Cc1ccc(C(F)(F)F)nc1. The lowest BCUT2D eigenvalue weighted by Crippen LogP contribution is -2.44. The zero-order valence-electron chi connectivity index (χ0n) is 17.5. The summed E-state index contributed by atoms with van der Waals surface area (Å²) in [6.45, 7) is 5.56. The number of aliphatic hydroxyl groups is 1. The smallest absolute Gasteiger partial charge is 0.386 e. The third kappa shape index (κ3) is 6.01. The van der Waals surface area contributed by atoms with Gasteiger partial charge < -0.3 is 14.7 Å². The molecule has 168 valence electrons. The van der Waals surface area contributed by atoms with Gasteiger partial charge in [-0.3, -0.25) is 14.8 Å². The van der Waals surface area contributed by atoms with Gasteiger partial charge in [-0.15, -0.1) is 0 Å². The first-order chi connectivity index (χ1) is 14.6. The van der Waals surface area contributed by atoms with Crippen molar-refractivity contribution in [2.45, 2.75) is 38.5 Å². The van der Waals surface area contributed by atoms with E-state index in [4.69, 9.17) is 4.74 Å². The monoisotopic (exact) mass is 437 g/mol. The summed E-state index contributed by atoms with van der Waals surface area (Å²) < 4.78 is 43.3. The average molecular weight is 437 g/mol. The van der Waals surface area contributed by atoms with Gasteiger partial charge in [0.05, 0.1) is 32.3 Å². The minimum atomic E-state index is -4.53. The molecule has 0 bridgehead atoms. The van der Waals surface area contributed by atoms with Crippen LogP contribution in [0.1, 0.15) is 48.3 Å². The van der Waals surface area contributed by atoms with Crippen LogP contribution in [0.3, 0.4) is 0 Å². The van der Waals surface area contributed by atoms with Crippen LogP contribution in [0.15, 0.2) is 36.8 Å². The summed E-state index contributed by atoms with van der Waals surface area (Å²) in [7, 11) is 0. The zero-order chi connectivity index (χ0) is 22.6. The molecule has 6 nitrogen and oxygen atoms in total. The highest BCUT2D eigenvalue weighted by atomic mass is 19.4. The maximum Gasteiger partial charge on any atom is 0.433 e. The van der Waals surface area contributed by atoms with E-state index in [-0.39, 0.29) is 30.7 Å². The third-order valence-corrected chi connectivity index (χ3v) is 5.27. The summed E-state index contributed by atoms with van der Waals surface area (Å²) in [4.78, 5) is 22.0. The van der Waals surface area contributed by atoms with Gasteiger partial charge in [0.25, 0.3) is 0 Å². The number of alkyl halides is 3. The summed E-state index contributed by atoms with van der Waals surface area (Å²) in [5.74, 6) is 0.0536. The fraction of sp³-hybridized carbons (Fsp3) is 0.500. The summed E-state index contributed by atoms with van der Waals surface area (Å²) in [6, 6.07) is 3.97. The van der Waals surface area contributed by atoms with E-state index >= 15 is 0 Å². The Hall–Kier alpha value is -2.52. The Morgan fingerprint density at radius 1 is 1.23 bits per heavy atom. The molecule has 1 unspecified atom stereocenters. The molecule has 2 aromatic heterocycles. The molecule has 0 aromatic carbocycles. The van der Waals surface area contributed by atoms with Crippen molar-refractivity contribution in [2.75, 3.05) is 26.3 Å². The largest absolute Gasteiger partial charge is 0.433 e. The second kappa shape index (κ2) is 9.74. The Morgan fingerprint density at radius 2 is 1.97 bits per heavy atom. The molecular weight excluding hydrogens is 411 g/mol. The lowest BCUT2D eigenvalue weighted by atomic mass is 9.95. The number of amides is 1. The highest BCUT2D eigenvalue weighted by Crippen LogP contribution is 2.28. The van der Waals surface area contributed by atoms with Crippen LogP contribution in [0.5, 0.6) is 0 Å². The van der Waals surface area contributed by atoms with E-state index in [0.29, 0.717) is 30.9 Å². The fourth-order valence-corrected chi connectivity index (χ4v) is 3.49. The molecule has 1 N–H and O–H groups in total. The standard InChI is InChI=1S/C22H26F3N3O3/c1-14(2)17-5-6-26-9-18(17)19(29)11-28(10-16-12-31-13-16)21(30)7-15-3-4-20(27-8-15)22(23,24)25/h3-6,8-9,14,16,19,29H,7,10-13H2,1-2H3. The van der Waals surface area contributed by atoms with Crippen molar-refractivity contribution < 1.29 is 27.8 Å². The van der Waals surface area contributed by atoms with Crippen molar-refractivity contribution in [3.63, 3.8) is 0 Å². The molecule has 9 heteroatoms. The molecule has 2 aromatic rings. The summed E-state index contributed by atoms with van der Waals surface area (Å²) in [6.07, 6.45) is -1.22. The van der Waals surface area contributed by atoms with E-state index in [0.717, 1.165) is 17.8 Å². The Kier molecular flexibility index (Phi) is 7.27. The number of aliphatic hydroxyl groups excluding tert-OH is 1. The first-order valence-electron chi connectivity index (χ1n) is 10.1. The van der Waals surface area contributed by atoms with Crippen LogP contribution in [-0.2, 0) is 22.1 Å². The topological polar surface area (TPSA) is 75.6 Å². The summed E-state index contributed by atoms with van der Waals surface area (Å²) in [5.41, 5.74) is 0.997. The van der Waals surface area contributed by atoms with Gasteiger partial charge in [-0.1, -0.05) is 19.9 Å². The molecule has 0 spiro atoms. The molecule has 1 amide bonds. The highest BCUT2D eigenvalue weighted by Gasteiger charge is 2.32. The molecule has 1 fully saturated rings. The summed E-state index contributed by atoms with van der Waals surface area (Å²) >= 11 is 0. The third-order valence-electron chi connectivity index (χ3n) is 5.27. The van der Waals surface area contributed by atoms with Crippen LogP contribution < -0.4 is 0 Å². The number of nitrogens with zero attached hydrogens (tertiary/aromatic N) is 3. The van der Waals surface area contributed by atoms with E-state index in [2.05, 4.69) is 9.97 Å². The first kappa shape index (κ1) is 23.1. The fourth-order valence-electron chi connectivity index (χ4n) is 3.49. The van der Waals surface area contributed by atoms with Gasteiger partial charge in [0.1, 0.15) is 5.69 Å². The second-order valence-electron chi connectivity index (χ2n) is 8.10. The molecule has 1 aliphatic heterocycles. The van der Waals surface area contributed by atoms with Crippen molar-refractivity contribution >= 4 is 5.91 Å². The molecule has 1 saturated heterocycles. The first-order valence-corrected chi connectivity index (χ1v) is 10.1. The van der Waals surface area contributed by atoms with Crippen molar-refractivity contribution in [3.8, 4) is 0 Å². The van der Waals surface area contributed by atoms with Gasteiger partial charge in [0.15, 0.2) is 0 Å². The van der Waals surface area contributed by atoms with Crippen molar-refractivity contribution in [1.29, 1.82) is 0 Å². The normalized spacial score (nSPS) is 15.6. The highest BCUT2D eigenvalue weighted by molar-refractivity contribution is 5.78. The van der Waals surface area contributed by atoms with Crippen LogP contribution in [-0.4, -0.2) is 52.2 Å². The second-order valence-corrected chi connectivity index (χ2v) is 8.10. The Bertz CT molecular complexity index is 884. The lowest BCUT2D eigenvalue weighted by Gasteiger charge is -2.34. The molecule has 0 radical (unpaired) electrons. The number of pyridine rings is 2. The number of rotatable bonds is 8. The average Bonchev–Trinajstić information content (AvgIpc) is 2.69. The minimum absolute atomic E-state index is 0.0643. The number of hydrogen-bond donors (Lipinski definition) is 1. The van der Waals surface area contributed by atoms with Gasteiger partial charge in [-0.05, 0) is 29.2 Å². The molecule has 0 saturated carbocycles. The van der Waals surface area contributed by atoms with Crippen LogP contribution in [0, 0.1) is 5.92 Å². The maximum absolute atomic E-state index is 13.0. The predicted octanol–water partition coefficient (Wildman–Crippen LogP) is 3.37. The van der Waals surface area contributed by atoms with Gasteiger partial charge >= 0.3 is 6.18 Å². The molecule has 0 aliphatic carbocycles. The molecule has 31 heavy (non-hydrogen) atoms.